The molecule has 0 aliphatic carbocycles. The molecule has 0 aromatic heterocycles. The van der Waals surface area contributed by atoms with Crippen molar-refractivity contribution in [3.05, 3.63) is 29.8 Å². The third-order valence-electron chi connectivity index (χ3n) is 3.46. The number of methoxy groups -OCH3 is 1. The van der Waals surface area contributed by atoms with E-state index in [1.54, 1.807) is 7.11 Å². The van der Waals surface area contributed by atoms with Crippen molar-refractivity contribution in [2.24, 2.45) is 0 Å². The molecule has 0 fully saturated rings. The number of fused-ring (bicyclic) bond motifs is 1. The van der Waals surface area contributed by atoms with E-state index < -0.39 is 0 Å². The summed E-state index contributed by atoms with van der Waals surface area (Å²) in [4.78, 5) is 2.34. The van der Waals surface area contributed by atoms with Gasteiger partial charge in [0.25, 0.3) is 0 Å². The second-order valence-electron chi connectivity index (χ2n) is 4.81. The van der Waals surface area contributed by atoms with Crippen molar-refractivity contribution in [1.82, 2.24) is 0 Å². The van der Waals surface area contributed by atoms with Gasteiger partial charge in [0.2, 0.25) is 0 Å². The summed E-state index contributed by atoms with van der Waals surface area (Å²) in [6.45, 7) is 3.95. The molecule has 1 aromatic carbocycles. The Bertz CT molecular complexity index is 383. The van der Waals surface area contributed by atoms with Crippen LogP contribution in [0.4, 0.5) is 5.69 Å². The Hall–Kier alpha value is -1.10. The van der Waals surface area contributed by atoms with Crippen LogP contribution in [-0.4, -0.2) is 45.1 Å². The maximum atomic E-state index is 9.98. The van der Waals surface area contributed by atoms with E-state index in [-0.39, 0.29) is 6.10 Å². The highest BCUT2D eigenvalue weighted by atomic mass is 16.5. The van der Waals surface area contributed by atoms with Crippen LogP contribution in [-0.2, 0) is 9.47 Å². The molecule has 0 saturated heterocycles. The van der Waals surface area contributed by atoms with Gasteiger partial charge in [0, 0.05) is 38.1 Å². The highest BCUT2D eigenvalue weighted by Crippen LogP contribution is 2.33. The van der Waals surface area contributed by atoms with Crippen LogP contribution in [0.15, 0.2) is 24.3 Å². The van der Waals surface area contributed by atoms with E-state index in [9.17, 15) is 5.11 Å². The Labute approximate surface area is 114 Å². The van der Waals surface area contributed by atoms with Gasteiger partial charge in [-0.05, 0) is 18.9 Å². The average molecular weight is 265 g/mol. The lowest BCUT2D eigenvalue weighted by Crippen LogP contribution is -2.32. The highest BCUT2D eigenvalue weighted by molar-refractivity contribution is 5.56. The first-order valence-corrected chi connectivity index (χ1v) is 6.91. The van der Waals surface area contributed by atoms with Crippen LogP contribution in [0.2, 0.25) is 0 Å². The van der Waals surface area contributed by atoms with Gasteiger partial charge in [-0.25, -0.2) is 0 Å². The molecule has 4 heteroatoms. The first kappa shape index (κ1) is 14.3. The molecule has 19 heavy (non-hydrogen) atoms. The minimum absolute atomic E-state index is 0.314. The van der Waals surface area contributed by atoms with Crippen LogP contribution in [0.1, 0.15) is 24.5 Å². The minimum atomic E-state index is -0.314. The van der Waals surface area contributed by atoms with Crippen LogP contribution >= 0.6 is 0 Å². The normalized spacial score (nSPS) is 18.4. The SMILES string of the molecule is COCCOCCCN1CCC(O)c2ccccc21. The Morgan fingerprint density at radius 1 is 1.26 bits per heavy atom. The van der Waals surface area contributed by atoms with Crippen molar-refractivity contribution in [2.45, 2.75) is 18.9 Å². The topological polar surface area (TPSA) is 41.9 Å². The van der Waals surface area contributed by atoms with Crippen molar-refractivity contribution in [1.29, 1.82) is 0 Å². The molecular weight excluding hydrogens is 242 g/mol. The largest absolute Gasteiger partial charge is 0.388 e. The zero-order chi connectivity index (χ0) is 13.5. The average Bonchev–Trinajstić information content (AvgIpc) is 2.45. The number of para-hydroxylation sites is 1. The number of hydrogen-bond acceptors (Lipinski definition) is 4. The summed E-state index contributed by atoms with van der Waals surface area (Å²) in [7, 11) is 1.68. The van der Waals surface area contributed by atoms with Crippen molar-refractivity contribution >= 4 is 5.69 Å². The molecule has 1 unspecified atom stereocenters. The molecule has 0 radical (unpaired) electrons. The summed E-state index contributed by atoms with van der Waals surface area (Å²) >= 11 is 0. The first-order chi connectivity index (χ1) is 9.33. The van der Waals surface area contributed by atoms with Gasteiger partial charge in [-0.1, -0.05) is 18.2 Å². The lowest BCUT2D eigenvalue weighted by molar-refractivity contribution is 0.0698. The van der Waals surface area contributed by atoms with Crippen molar-refractivity contribution < 1.29 is 14.6 Å². The van der Waals surface area contributed by atoms with E-state index in [4.69, 9.17) is 9.47 Å². The molecule has 0 bridgehead atoms. The Morgan fingerprint density at radius 2 is 2.11 bits per heavy atom. The second kappa shape index (κ2) is 7.48. The van der Waals surface area contributed by atoms with Gasteiger partial charge in [-0.3, -0.25) is 0 Å². The number of benzene rings is 1. The predicted molar refractivity (Wildman–Crippen MR) is 75.5 cm³/mol. The van der Waals surface area contributed by atoms with Crippen molar-refractivity contribution in [3.63, 3.8) is 0 Å². The number of ether oxygens (including phenoxy) is 2. The standard InChI is InChI=1S/C15H23NO3/c1-18-11-12-19-10-4-8-16-9-7-15(17)13-5-2-3-6-14(13)16/h2-3,5-6,15,17H,4,7-12H2,1H3. The second-order valence-corrected chi connectivity index (χ2v) is 4.81. The summed E-state index contributed by atoms with van der Waals surface area (Å²) < 4.78 is 10.4. The van der Waals surface area contributed by atoms with E-state index in [1.165, 1.54) is 0 Å². The number of nitrogens with zero attached hydrogens (tertiary/aromatic N) is 1. The third-order valence-corrected chi connectivity index (χ3v) is 3.46. The molecule has 0 saturated carbocycles. The molecule has 1 aromatic rings. The molecule has 4 nitrogen and oxygen atoms in total. The van der Waals surface area contributed by atoms with Gasteiger partial charge in [-0.2, -0.15) is 0 Å². The number of hydrogen-bond donors (Lipinski definition) is 1. The fourth-order valence-electron chi connectivity index (χ4n) is 2.45. The van der Waals surface area contributed by atoms with Gasteiger partial charge >= 0.3 is 0 Å². The Kier molecular flexibility index (Phi) is 5.63. The molecule has 106 valence electrons. The fraction of sp³-hybridized carbons (Fsp3) is 0.600. The molecule has 1 atom stereocenters. The fourth-order valence-corrected chi connectivity index (χ4v) is 2.45. The lowest BCUT2D eigenvalue weighted by atomic mass is 9.99. The zero-order valence-electron chi connectivity index (χ0n) is 11.5. The van der Waals surface area contributed by atoms with E-state index in [0.717, 1.165) is 43.8 Å². The third kappa shape index (κ3) is 3.93. The van der Waals surface area contributed by atoms with Gasteiger partial charge in [-0.15, -0.1) is 0 Å². The van der Waals surface area contributed by atoms with E-state index >= 15 is 0 Å². The Balaban J connectivity index is 1.80. The maximum Gasteiger partial charge on any atom is 0.0826 e. The van der Waals surface area contributed by atoms with Crippen LogP contribution in [0, 0.1) is 0 Å². The number of aliphatic hydroxyl groups excluding tert-OH is 1. The summed E-state index contributed by atoms with van der Waals surface area (Å²) in [5.74, 6) is 0. The predicted octanol–water partition coefficient (Wildman–Crippen LogP) is 1.98. The van der Waals surface area contributed by atoms with Gasteiger partial charge in [0.1, 0.15) is 0 Å². The number of anilines is 1. The van der Waals surface area contributed by atoms with Crippen molar-refractivity contribution in [2.75, 3.05) is 44.9 Å². The quantitative estimate of drug-likeness (QED) is 0.766. The number of aliphatic hydroxyl groups is 1. The van der Waals surface area contributed by atoms with Crippen LogP contribution in [0.25, 0.3) is 0 Å². The van der Waals surface area contributed by atoms with E-state index in [0.29, 0.717) is 13.2 Å². The highest BCUT2D eigenvalue weighted by Gasteiger charge is 2.22. The maximum absolute atomic E-state index is 9.98. The summed E-state index contributed by atoms with van der Waals surface area (Å²) in [6, 6.07) is 8.11. The molecular formula is C15H23NO3. The minimum Gasteiger partial charge on any atom is -0.388 e. The summed E-state index contributed by atoms with van der Waals surface area (Å²) in [6.07, 6.45) is 1.49. The van der Waals surface area contributed by atoms with E-state index in [2.05, 4.69) is 11.0 Å². The van der Waals surface area contributed by atoms with E-state index in [1.807, 2.05) is 18.2 Å². The molecule has 0 spiro atoms. The van der Waals surface area contributed by atoms with Gasteiger partial charge < -0.3 is 19.5 Å². The van der Waals surface area contributed by atoms with Crippen LogP contribution in [0.5, 0.6) is 0 Å². The molecule has 0 amide bonds. The molecule has 1 N–H and O–H groups in total. The Morgan fingerprint density at radius 3 is 2.95 bits per heavy atom. The first-order valence-electron chi connectivity index (χ1n) is 6.91. The summed E-state index contributed by atoms with van der Waals surface area (Å²) in [5.41, 5.74) is 2.21. The monoisotopic (exact) mass is 265 g/mol. The van der Waals surface area contributed by atoms with Crippen LogP contribution in [0.3, 0.4) is 0 Å². The molecule has 1 heterocycles. The molecule has 1 aliphatic rings. The van der Waals surface area contributed by atoms with Crippen LogP contribution < -0.4 is 4.90 Å². The van der Waals surface area contributed by atoms with Gasteiger partial charge in [0.15, 0.2) is 0 Å². The van der Waals surface area contributed by atoms with Crippen molar-refractivity contribution in [3.8, 4) is 0 Å². The smallest absolute Gasteiger partial charge is 0.0826 e. The van der Waals surface area contributed by atoms with Gasteiger partial charge in [0.05, 0.1) is 19.3 Å². The molecule has 1 aliphatic heterocycles. The number of rotatable bonds is 7. The summed E-state index contributed by atoms with van der Waals surface area (Å²) in [5, 5.41) is 9.98. The zero-order valence-corrected chi connectivity index (χ0v) is 11.5. The molecule has 2 rings (SSSR count). The lowest BCUT2D eigenvalue weighted by Gasteiger charge is -2.33.